The normalized spacial score (nSPS) is 10.8. The summed E-state index contributed by atoms with van der Waals surface area (Å²) in [7, 11) is 0. The van der Waals surface area contributed by atoms with Gasteiger partial charge in [-0.2, -0.15) is 17.6 Å². The SMILES string of the molecule is Cc1c(F)c(F)c(OC(=O)Oc2c(F)c(F)c(F)c(F)c2F)c(F)c1F. The number of hydrogen-bond acceptors (Lipinski definition) is 3. The lowest BCUT2D eigenvalue weighted by atomic mass is 10.2. The Morgan fingerprint density at radius 2 is 0.808 bits per heavy atom. The fraction of sp³-hybridized carbons (Fsp3) is 0.0714. The van der Waals surface area contributed by atoms with Gasteiger partial charge < -0.3 is 9.47 Å². The quantitative estimate of drug-likeness (QED) is 0.242. The minimum Gasteiger partial charge on any atom is -0.388 e. The van der Waals surface area contributed by atoms with Gasteiger partial charge in [0.25, 0.3) is 0 Å². The third kappa shape index (κ3) is 3.02. The van der Waals surface area contributed by atoms with Gasteiger partial charge in [-0.1, -0.05) is 0 Å². The molecule has 0 amide bonds. The van der Waals surface area contributed by atoms with Crippen LogP contribution in [0.5, 0.6) is 11.5 Å². The van der Waals surface area contributed by atoms with Crippen molar-refractivity contribution in [2.24, 2.45) is 0 Å². The second-order valence-corrected chi connectivity index (χ2v) is 4.56. The first-order chi connectivity index (χ1) is 12.0. The summed E-state index contributed by atoms with van der Waals surface area (Å²) in [5.41, 5.74) is -1.11. The summed E-state index contributed by atoms with van der Waals surface area (Å²) in [5.74, 6) is -25.2. The lowest BCUT2D eigenvalue weighted by molar-refractivity contribution is 0.141. The van der Waals surface area contributed by atoms with Crippen LogP contribution in [0.3, 0.4) is 0 Å². The highest BCUT2D eigenvalue weighted by Gasteiger charge is 2.31. The van der Waals surface area contributed by atoms with Crippen molar-refractivity contribution in [3.8, 4) is 11.5 Å². The van der Waals surface area contributed by atoms with Crippen molar-refractivity contribution >= 4 is 6.16 Å². The molecule has 3 nitrogen and oxygen atoms in total. The van der Waals surface area contributed by atoms with E-state index in [1.165, 1.54) is 0 Å². The lowest BCUT2D eigenvalue weighted by Crippen LogP contribution is -2.19. The minimum atomic E-state index is -2.57. The van der Waals surface area contributed by atoms with E-state index in [1.807, 2.05) is 0 Å². The maximum atomic E-state index is 13.5. The molecule has 0 atom stereocenters. The van der Waals surface area contributed by atoms with Crippen molar-refractivity contribution < 1.29 is 53.8 Å². The third-order valence-electron chi connectivity index (χ3n) is 2.98. The molecule has 0 saturated carbocycles. The van der Waals surface area contributed by atoms with Crippen molar-refractivity contribution in [2.75, 3.05) is 0 Å². The molecule has 0 fully saturated rings. The molecule has 0 N–H and O–H groups in total. The fourth-order valence-electron chi connectivity index (χ4n) is 1.67. The van der Waals surface area contributed by atoms with Crippen LogP contribution in [0.15, 0.2) is 0 Å². The zero-order valence-corrected chi connectivity index (χ0v) is 12.1. The number of benzene rings is 2. The van der Waals surface area contributed by atoms with Crippen LogP contribution in [0.1, 0.15) is 5.56 Å². The molecule has 0 radical (unpaired) electrons. The molecule has 0 unspecified atom stereocenters. The van der Waals surface area contributed by atoms with E-state index in [2.05, 4.69) is 9.47 Å². The molecule has 0 bridgehead atoms. The standard InChI is InChI=1S/C14H3F9O3/c1-2-3(15)8(20)12(9(21)4(2)16)25-14(24)26-13-10(22)6(18)5(17)7(19)11(13)23/h1H3. The fourth-order valence-corrected chi connectivity index (χ4v) is 1.67. The monoisotopic (exact) mass is 390 g/mol. The van der Waals surface area contributed by atoms with Gasteiger partial charge >= 0.3 is 6.16 Å². The molecular weight excluding hydrogens is 387 g/mol. The number of rotatable bonds is 2. The molecule has 140 valence electrons. The van der Waals surface area contributed by atoms with Crippen LogP contribution in [0.2, 0.25) is 0 Å². The van der Waals surface area contributed by atoms with Gasteiger partial charge in [-0.25, -0.2) is 26.7 Å². The zero-order chi connectivity index (χ0) is 19.9. The first kappa shape index (κ1) is 19.4. The van der Waals surface area contributed by atoms with Crippen molar-refractivity contribution in [3.63, 3.8) is 0 Å². The Kier molecular flexibility index (Phi) is 5.05. The van der Waals surface area contributed by atoms with Gasteiger partial charge in [0.1, 0.15) is 0 Å². The van der Waals surface area contributed by atoms with E-state index in [-0.39, 0.29) is 0 Å². The van der Waals surface area contributed by atoms with E-state index in [4.69, 9.17) is 0 Å². The summed E-state index contributed by atoms with van der Waals surface area (Å²) < 4.78 is 126. The molecule has 0 aliphatic carbocycles. The van der Waals surface area contributed by atoms with Gasteiger partial charge in [0, 0.05) is 5.56 Å². The van der Waals surface area contributed by atoms with Gasteiger partial charge in [-0.05, 0) is 6.92 Å². The summed E-state index contributed by atoms with van der Waals surface area (Å²) in [6.45, 7) is 0.647. The molecule has 0 aromatic heterocycles. The van der Waals surface area contributed by atoms with Crippen LogP contribution in [0.25, 0.3) is 0 Å². The third-order valence-corrected chi connectivity index (χ3v) is 2.98. The highest BCUT2D eigenvalue weighted by molar-refractivity contribution is 5.67. The van der Waals surface area contributed by atoms with Crippen molar-refractivity contribution in [3.05, 3.63) is 57.9 Å². The first-order valence-corrected chi connectivity index (χ1v) is 6.22. The zero-order valence-electron chi connectivity index (χ0n) is 12.1. The first-order valence-electron chi connectivity index (χ1n) is 6.22. The van der Waals surface area contributed by atoms with Gasteiger partial charge in [-0.3, -0.25) is 0 Å². The second kappa shape index (κ2) is 6.77. The molecule has 2 aromatic carbocycles. The number of carbonyl (C=O) groups excluding carboxylic acids is 1. The van der Waals surface area contributed by atoms with E-state index in [0.717, 1.165) is 0 Å². The Labute approximate surface area is 137 Å². The van der Waals surface area contributed by atoms with Crippen LogP contribution in [0, 0.1) is 59.3 Å². The smallest absolute Gasteiger partial charge is 0.388 e. The molecule has 2 rings (SSSR count). The predicted octanol–water partition coefficient (Wildman–Crippen LogP) is 4.82. The van der Waals surface area contributed by atoms with Gasteiger partial charge in [0.05, 0.1) is 0 Å². The largest absolute Gasteiger partial charge is 0.519 e. The Morgan fingerprint density at radius 3 is 1.15 bits per heavy atom. The van der Waals surface area contributed by atoms with E-state index >= 15 is 0 Å². The maximum absolute atomic E-state index is 13.5. The van der Waals surface area contributed by atoms with Gasteiger partial charge in [-0.15, -0.1) is 0 Å². The molecule has 0 heterocycles. The van der Waals surface area contributed by atoms with E-state index in [0.29, 0.717) is 6.92 Å². The maximum Gasteiger partial charge on any atom is 0.519 e. The number of ether oxygens (including phenoxy) is 2. The highest BCUT2D eigenvalue weighted by Crippen LogP contribution is 2.32. The predicted molar refractivity (Wildman–Crippen MR) is 63.9 cm³/mol. The average Bonchev–Trinajstić information content (AvgIpc) is 2.62. The number of carbonyl (C=O) groups is 1. The Balaban J connectivity index is 2.41. The van der Waals surface area contributed by atoms with Crippen molar-refractivity contribution in [2.45, 2.75) is 6.92 Å². The number of hydrogen-bond donors (Lipinski definition) is 0. The molecule has 2 aromatic rings. The molecule has 0 aliphatic rings. The van der Waals surface area contributed by atoms with E-state index in [9.17, 15) is 44.3 Å². The molecular formula is C14H3F9O3. The van der Waals surface area contributed by atoms with E-state index < -0.39 is 75.6 Å². The average molecular weight is 390 g/mol. The molecule has 0 saturated heterocycles. The van der Waals surface area contributed by atoms with E-state index in [1.54, 1.807) is 0 Å². The van der Waals surface area contributed by atoms with Crippen LogP contribution in [-0.4, -0.2) is 6.16 Å². The van der Waals surface area contributed by atoms with Crippen molar-refractivity contribution in [1.82, 2.24) is 0 Å². The van der Waals surface area contributed by atoms with Crippen molar-refractivity contribution in [1.29, 1.82) is 0 Å². The van der Waals surface area contributed by atoms with Crippen LogP contribution >= 0.6 is 0 Å². The lowest BCUT2D eigenvalue weighted by Gasteiger charge is -2.11. The van der Waals surface area contributed by atoms with Crippen LogP contribution in [-0.2, 0) is 0 Å². The summed E-state index contributed by atoms with van der Waals surface area (Å²) >= 11 is 0. The topological polar surface area (TPSA) is 35.5 Å². The summed E-state index contributed by atoms with van der Waals surface area (Å²) in [4.78, 5) is 11.3. The second-order valence-electron chi connectivity index (χ2n) is 4.56. The molecule has 26 heavy (non-hydrogen) atoms. The van der Waals surface area contributed by atoms with Crippen LogP contribution < -0.4 is 9.47 Å². The minimum absolute atomic E-state index is 0.647. The number of halogens is 9. The molecule has 0 aliphatic heterocycles. The van der Waals surface area contributed by atoms with Gasteiger partial charge in [0.15, 0.2) is 11.6 Å². The van der Waals surface area contributed by atoms with Gasteiger partial charge in [0.2, 0.25) is 52.2 Å². The molecule has 12 heteroatoms. The Hall–Kier alpha value is -2.92. The summed E-state index contributed by atoms with van der Waals surface area (Å²) in [5, 5.41) is 0. The molecule has 0 spiro atoms. The Bertz CT molecular complexity index is 795. The Morgan fingerprint density at radius 1 is 0.538 bits per heavy atom. The highest BCUT2D eigenvalue weighted by atomic mass is 19.2. The summed E-state index contributed by atoms with van der Waals surface area (Å²) in [6, 6.07) is 0. The van der Waals surface area contributed by atoms with Crippen LogP contribution in [0.4, 0.5) is 44.3 Å². The summed E-state index contributed by atoms with van der Waals surface area (Å²) in [6.07, 6.45) is -2.44.